The van der Waals surface area contributed by atoms with Crippen molar-refractivity contribution >= 4 is 0 Å². The van der Waals surface area contributed by atoms with Gasteiger partial charge < -0.3 is 15.2 Å². The lowest BCUT2D eigenvalue weighted by atomic mass is 10.1. The van der Waals surface area contributed by atoms with Gasteiger partial charge in [0.2, 0.25) is 0 Å². The standard InChI is InChI=1S/C12H19NO2/c1-4-7-15-10-5-6-12(14-3)11(8-10)9(2)13/h5-6,8-9H,4,7,13H2,1-3H3. The molecule has 0 radical (unpaired) electrons. The first-order chi connectivity index (χ1) is 7.19. The molecule has 0 saturated carbocycles. The van der Waals surface area contributed by atoms with Crippen LogP contribution < -0.4 is 15.2 Å². The Kier molecular flexibility index (Phi) is 4.43. The van der Waals surface area contributed by atoms with Crippen LogP contribution in [-0.2, 0) is 0 Å². The number of ether oxygens (including phenoxy) is 2. The molecule has 0 aliphatic heterocycles. The molecule has 0 saturated heterocycles. The summed E-state index contributed by atoms with van der Waals surface area (Å²) in [6.07, 6.45) is 1.000. The lowest BCUT2D eigenvalue weighted by Gasteiger charge is -2.13. The van der Waals surface area contributed by atoms with Gasteiger partial charge in [0.25, 0.3) is 0 Å². The highest BCUT2D eigenvalue weighted by atomic mass is 16.5. The fraction of sp³-hybridized carbons (Fsp3) is 0.500. The Morgan fingerprint density at radius 2 is 2.13 bits per heavy atom. The zero-order chi connectivity index (χ0) is 11.3. The second-order valence-corrected chi connectivity index (χ2v) is 3.54. The topological polar surface area (TPSA) is 44.5 Å². The first kappa shape index (κ1) is 11.9. The predicted octanol–water partition coefficient (Wildman–Crippen LogP) is 2.50. The quantitative estimate of drug-likeness (QED) is 0.810. The summed E-state index contributed by atoms with van der Waals surface area (Å²) >= 11 is 0. The number of methoxy groups -OCH3 is 1. The van der Waals surface area contributed by atoms with Gasteiger partial charge in [-0.05, 0) is 31.5 Å². The van der Waals surface area contributed by atoms with Crippen molar-refractivity contribution in [3.8, 4) is 11.5 Å². The van der Waals surface area contributed by atoms with E-state index in [9.17, 15) is 0 Å². The summed E-state index contributed by atoms with van der Waals surface area (Å²) in [6.45, 7) is 4.74. The van der Waals surface area contributed by atoms with E-state index in [1.54, 1.807) is 7.11 Å². The highest BCUT2D eigenvalue weighted by Gasteiger charge is 2.08. The first-order valence-electron chi connectivity index (χ1n) is 5.25. The Balaban J connectivity index is 2.89. The van der Waals surface area contributed by atoms with Gasteiger partial charge in [-0.1, -0.05) is 6.92 Å². The van der Waals surface area contributed by atoms with E-state index in [4.69, 9.17) is 15.2 Å². The molecular weight excluding hydrogens is 190 g/mol. The largest absolute Gasteiger partial charge is 0.496 e. The highest BCUT2D eigenvalue weighted by Crippen LogP contribution is 2.28. The van der Waals surface area contributed by atoms with Crippen molar-refractivity contribution in [3.63, 3.8) is 0 Å². The second-order valence-electron chi connectivity index (χ2n) is 3.54. The molecule has 1 aromatic rings. The molecule has 0 spiro atoms. The normalized spacial score (nSPS) is 12.3. The summed E-state index contributed by atoms with van der Waals surface area (Å²) in [4.78, 5) is 0. The zero-order valence-corrected chi connectivity index (χ0v) is 9.62. The van der Waals surface area contributed by atoms with Crippen molar-refractivity contribution in [2.75, 3.05) is 13.7 Å². The summed E-state index contributed by atoms with van der Waals surface area (Å²) in [7, 11) is 1.65. The van der Waals surface area contributed by atoms with Crippen molar-refractivity contribution in [2.45, 2.75) is 26.3 Å². The van der Waals surface area contributed by atoms with Crippen LogP contribution in [0.25, 0.3) is 0 Å². The molecule has 3 nitrogen and oxygen atoms in total. The van der Waals surface area contributed by atoms with E-state index in [1.807, 2.05) is 25.1 Å². The molecule has 0 heterocycles. The van der Waals surface area contributed by atoms with Crippen LogP contribution in [0, 0.1) is 0 Å². The molecule has 3 heteroatoms. The van der Waals surface area contributed by atoms with Crippen LogP contribution in [-0.4, -0.2) is 13.7 Å². The third-order valence-electron chi connectivity index (χ3n) is 2.16. The number of rotatable bonds is 5. The minimum absolute atomic E-state index is 0.0508. The molecule has 0 aliphatic carbocycles. The van der Waals surface area contributed by atoms with E-state index in [0.29, 0.717) is 0 Å². The molecule has 0 amide bonds. The summed E-state index contributed by atoms with van der Waals surface area (Å²) in [5.41, 5.74) is 6.83. The van der Waals surface area contributed by atoms with Gasteiger partial charge >= 0.3 is 0 Å². The smallest absolute Gasteiger partial charge is 0.123 e. The average Bonchev–Trinajstić information content (AvgIpc) is 2.25. The van der Waals surface area contributed by atoms with Gasteiger partial charge in [-0.2, -0.15) is 0 Å². The van der Waals surface area contributed by atoms with Crippen LogP contribution >= 0.6 is 0 Å². The van der Waals surface area contributed by atoms with Gasteiger partial charge in [-0.25, -0.2) is 0 Å². The molecule has 0 fully saturated rings. The monoisotopic (exact) mass is 209 g/mol. The molecule has 1 atom stereocenters. The average molecular weight is 209 g/mol. The Labute approximate surface area is 91.2 Å². The summed E-state index contributed by atoms with van der Waals surface area (Å²) in [5.74, 6) is 1.67. The van der Waals surface area contributed by atoms with Crippen LogP contribution in [0.1, 0.15) is 31.9 Å². The van der Waals surface area contributed by atoms with Gasteiger partial charge in [-0.3, -0.25) is 0 Å². The fourth-order valence-corrected chi connectivity index (χ4v) is 1.38. The molecule has 0 aliphatic rings. The lowest BCUT2D eigenvalue weighted by molar-refractivity contribution is 0.315. The van der Waals surface area contributed by atoms with Gasteiger partial charge in [0, 0.05) is 11.6 Å². The van der Waals surface area contributed by atoms with Crippen molar-refractivity contribution < 1.29 is 9.47 Å². The molecule has 1 unspecified atom stereocenters. The maximum atomic E-state index is 5.85. The van der Waals surface area contributed by atoms with Crippen molar-refractivity contribution in [1.82, 2.24) is 0 Å². The third-order valence-corrected chi connectivity index (χ3v) is 2.16. The van der Waals surface area contributed by atoms with E-state index in [-0.39, 0.29) is 6.04 Å². The molecule has 0 bridgehead atoms. The molecule has 15 heavy (non-hydrogen) atoms. The Morgan fingerprint density at radius 1 is 1.40 bits per heavy atom. The maximum absolute atomic E-state index is 5.85. The number of nitrogens with two attached hydrogens (primary N) is 1. The summed E-state index contributed by atoms with van der Waals surface area (Å²) in [6, 6.07) is 5.69. The molecule has 2 N–H and O–H groups in total. The predicted molar refractivity (Wildman–Crippen MR) is 61.4 cm³/mol. The van der Waals surface area contributed by atoms with Gasteiger partial charge in [0.15, 0.2) is 0 Å². The van der Waals surface area contributed by atoms with E-state index < -0.39 is 0 Å². The number of hydrogen-bond donors (Lipinski definition) is 1. The number of hydrogen-bond acceptors (Lipinski definition) is 3. The SMILES string of the molecule is CCCOc1ccc(OC)c(C(C)N)c1. The van der Waals surface area contributed by atoms with E-state index in [0.717, 1.165) is 30.1 Å². The van der Waals surface area contributed by atoms with Crippen LogP contribution in [0.4, 0.5) is 0 Å². The first-order valence-corrected chi connectivity index (χ1v) is 5.25. The van der Waals surface area contributed by atoms with Crippen molar-refractivity contribution in [1.29, 1.82) is 0 Å². The summed E-state index contributed by atoms with van der Waals surface area (Å²) in [5, 5.41) is 0. The molecule has 1 rings (SSSR count). The summed E-state index contributed by atoms with van der Waals surface area (Å²) < 4.78 is 10.8. The van der Waals surface area contributed by atoms with E-state index >= 15 is 0 Å². The molecule has 1 aromatic carbocycles. The molecular formula is C12H19NO2. The minimum atomic E-state index is -0.0508. The van der Waals surface area contributed by atoms with Crippen molar-refractivity contribution in [2.24, 2.45) is 5.73 Å². The minimum Gasteiger partial charge on any atom is -0.496 e. The molecule has 84 valence electrons. The van der Waals surface area contributed by atoms with Crippen LogP contribution in [0.5, 0.6) is 11.5 Å². The van der Waals surface area contributed by atoms with Crippen LogP contribution in [0.15, 0.2) is 18.2 Å². The van der Waals surface area contributed by atoms with Crippen LogP contribution in [0.3, 0.4) is 0 Å². The van der Waals surface area contributed by atoms with Crippen LogP contribution in [0.2, 0.25) is 0 Å². The van der Waals surface area contributed by atoms with Gasteiger partial charge in [0.1, 0.15) is 11.5 Å². The molecule has 0 aromatic heterocycles. The second kappa shape index (κ2) is 5.61. The van der Waals surface area contributed by atoms with Gasteiger partial charge in [-0.15, -0.1) is 0 Å². The maximum Gasteiger partial charge on any atom is 0.123 e. The Bertz CT molecular complexity index is 310. The Hall–Kier alpha value is -1.22. The number of benzene rings is 1. The fourth-order valence-electron chi connectivity index (χ4n) is 1.38. The highest BCUT2D eigenvalue weighted by molar-refractivity contribution is 5.41. The third kappa shape index (κ3) is 3.13. The van der Waals surface area contributed by atoms with E-state index in [2.05, 4.69) is 6.92 Å². The zero-order valence-electron chi connectivity index (χ0n) is 9.62. The van der Waals surface area contributed by atoms with Gasteiger partial charge in [0.05, 0.1) is 13.7 Å². The Morgan fingerprint density at radius 3 is 2.67 bits per heavy atom. The van der Waals surface area contributed by atoms with Crippen molar-refractivity contribution in [3.05, 3.63) is 23.8 Å². The lowest BCUT2D eigenvalue weighted by Crippen LogP contribution is -2.07. The van der Waals surface area contributed by atoms with E-state index in [1.165, 1.54) is 0 Å².